The smallest absolute Gasteiger partial charge is 0.0187 e. The van der Waals surface area contributed by atoms with Crippen molar-refractivity contribution in [3.8, 4) is 0 Å². The second-order valence-corrected chi connectivity index (χ2v) is 2.21. The third-order valence-electron chi connectivity index (χ3n) is 1.31. The number of likely N-dealkylation sites (N-methyl/N-ethyl adjacent to an activating group) is 1. The summed E-state index contributed by atoms with van der Waals surface area (Å²) < 4.78 is 0. The SMILES string of the molecule is CCN[C@H](C)[C@@H](C)N. The molecule has 0 unspecified atom stereocenters. The van der Waals surface area contributed by atoms with Crippen LogP contribution in [0.1, 0.15) is 20.8 Å². The van der Waals surface area contributed by atoms with Crippen molar-refractivity contribution in [3.05, 3.63) is 0 Å². The Balaban J connectivity index is 3.17. The molecule has 0 aromatic heterocycles. The van der Waals surface area contributed by atoms with E-state index in [2.05, 4.69) is 19.2 Å². The fourth-order valence-corrected chi connectivity index (χ4v) is 0.508. The summed E-state index contributed by atoms with van der Waals surface area (Å²) in [6, 6.07) is 0.704. The van der Waals surface area contributed by atoms with E-state index in [1.165, 1.54) is 0 Å². The lowest BCUT2D eigenvalue weighted by atomic mass is 10.2. The van der Waals surface area contributed by atoms with Crippen LogP contribution in [0.25, 0.3) is 0 Å². The van der Waals surface area contributed by atoms with E-state index in [1.54, 1.807) is 0 Å². The van der Waals surface area contributed by atoms with Gasteiger partial charge >= 0.3 is 0 Å². The summed E-state index contributed by atoms with van der Waals surface area (Å²) in [6.07, 6.45) is 0. The Kier molecular flexibility index (Phi) is 3.83. The van der Waals surface area contributed by atoms with Crippen molar-refractivity contribution in [1.82, 2.24) is 5.32 Å². The molecule has 0 aromatic rings. The van der Waals surface area contributed by atoms with E-state index in [-0.39, 0.29) is 6.04 Å². The molecule has 0 spiro atoms. The molecule has 0 heterocycles. The van der Waals surface area contributed by atoms with E-state index in [1.807, 2.05) is 6.92 Å². The highest BCUT2D eigenvalue weighted by Gasteiger charge is 2.02. The van der Waals surface area contributed by atoms with Crippen LogP contribution in [0.3, 0.4) is 0 Å². The first-order chi connectivity index (χ1) is 3.68. The van der Waals surface area contributed by atoms with Gasteiger partial charge in [-0.3, -0.25) is 0 Å². The molecule has 0 aliphatic carbocycles. The van der Waals surface area contributed by atoms with Crippen LogP contribution in [0.15, 0.2) is 0 Å². The second-order valence-electron chi connectivity index (χ2n) is 2.21. The van der Waals surface area contributed by atoms with Crippen LogP contribution < -0.4 is 11.1 Å². The zero-order valence-corrected chi connectivity index (χ0v) is 5.94. The number of nitrogens with one attached hydrogen (secondary N) is 1. The van der Waals surface area contributed by atoms with Gasteiger partial charge in [0.15, 0.2) is 0 Å². The Bertz CT molecular complexity index is 52.5. The predicted octanol–water partition coefficient (Wildman–Crippen LogP) is 0.332. The highest BCUT2D eigenvalue weighted by atomic mass is 14.9. The minimum Gasteiger partial charge on any atom is -0.327 e. The maximum absolute atomic E-state index is 5.56. The van der Waals surface area contributed by atoms with Gasteiger partial charge in [-0.25, -0.2) is 0 Å². The lowest BCUT2D eigenvalue weighted by molar-refractivity contribution is 0.491. The zero-order valence-electron chi connectivity index (χ0n) is 5.94. The van der Waals surface area contributed by atoms with Crippen LogP contribution in [0, 0.1) is 0 Å². The van der Waals surface area contributed by atoms with E-state index in [9.17, 15) is 0 Å². The molecule has 0 aliphatic rings. The van der Waals surface area contributed by atoms with Gasteiger partial charge in [0.25, 0.3) is 0 Å². The Morgan fingerprint density at radius 3 is 2.12 bits per heavy atom. The molecular formula is C6H16N2. The number of rotatable bonds is 3. The molecule has 0 amide bonds. The molecule has 0 saturated carbocycles. The van der Waals surface area contributed by atoms with Crippen molar-refractivity contribution in [1.29, 1.82) is 0 Å². The Morgan fingerprint density at radius 1 is 1.50 bits per heavy atom. The fraction of sp³-hybridized carbons (Fsp3) is 1.00. The molecule has 0 bridgehead atoms. The summed E-state index contributed by atoms with van der Waals surface area (Å²) in [5, 5.41) is 3.22. The summed E-state index contributed by atoms with van der Waals surface area (Å²) in [4.78, 5) is 0. The molecule has 2 nitrogen and oxygen atoms in total. The Hall–Kier alpha value is -0.0800. The normalized spacial score (nSPS) is 18.0. The predicted molar refractivity (Wildman–Crippen MR) is 36.8 cm³/mol. The molecule has 0 fully saturated rings. The average molecular weight is 116 g/mol. The van der Waals surface area contributed by atoms with Gasteiger partial charge in [-0.05, 0) is 20.4 Å². The maximum Gasteiger partial charge on any atom is 0.0187 e. The summed E-state index contributed by atoms with van der Waals surface area (Å²) in [5.74, 6) is 0. The van der Waals surface area contributed by atoms with Crippen molar-refractivity contribution in [3.63, 3.8) is 0 Å². The van der Waals surface area contributed by atoms with Crippen molar-refractivity contribution in [2.75, 3.05) is 6.54 Å². The standard InChI is InChI=1S/C6H16N2/c1-4-8-6(3)5(2)7/h5-6,8H,4,7H2,1-3H3/t5-,6-/m1/s1. The average Bonchev–Trinajstić information content (AvgIpc) is 1.67. The van der Waals surface area contributed by atoms with E-state index in [0.717, 1.165) is 6.54 Å². The lowest BCUT2D eigenvalue weighted by Gasteiger charge is -2.15. The monoisotopic (exact) mass is 116 g/mol. The minimum absolute atomic E-state index is 0.259. The first-order valence-electron chi connectivity index (χ1n) is 3.17. The van der Waals surface area contributed by atoms with E-state index in [0.29, 0.717) is 6.04 Å². The van der Waals surface area contributed by atoms with Crippen LogP contribution in [0.2, 0.25) is 0 Å². The van der Waals surface area contributed by atoms with Gasteiger partial charge in [-0.2, -0.15) is 0 Å². The first kappa shape index (κ1) is 7.92. The molecule has 0 aromatic carbocycles. The number of hydrogen-bond acceptors (Lipinski definition) is 2. The molecule has 0 radical (unpaired) electrons. The molecule has 0 rings (SSSR count). The van der Waals surface area contributed by atoms with Gasteiger partial charge in [-0.15, -0.1) is 0 Å². The third-order valence-corrected chi connectivity index (χ3v) is 1.31. The number of nitrogens with two attached hydrogens (primary N) is 1. The lowest BCUT2D eigenvalue weighted by Crippen LogP contribution is -2.40. The summed E-state index contributed by atoms with van der Waals surface area (Å²) in [6.45, 7) is 7.18. The van der Waals surface area contributed by atoms with Gasteiger partial charge in [0.05, 0.1) is 0 Å². The van der Waals surface area contributed by atoms with Gasteiger partial charge in [0.1, 0.15) is 0 Å². The molecule has 0 aliphatic heterocycles. The Morgan fingerprint density at radius 2 is 2.00 bits per heavy atom. The molecular weight excluding hydrogens is 100 g/mol. The summed E-state index contributed by atoms with van der Waals surface area (Å²) in [7, 11) is 0. The van der Waals surface area contributed by atoms with Crippen LogP contribution in [-0.2, 0) is 0 Å². The first-order valence-corrected chi connectivity index (χ1v) is 3.17. The third kappa shape index (κ3) is 2.99. The molecule has 8 heavy (non-hydrogen) atoms. The van der Waals surface area contributed by atoms with E-state index in [4.69, 9.17) is 5.73 Å². The molecule has 2 heteroatoms. The van der Waals surface area contributed by atoms with Crippen molar-refractivity contribution in [2.24, 2.45) is 5.73 Å². The number of hydrogen-bond donors (Lipinski definition) is 2. The zero-order chi connectivity index (χ0) is 6.57. The molecule has 3 N–H and O–H groups in total. The topological polar surface area (TPSA) is 38.0 Å². The van der Waals surface area contributed by atoms with Crippen LogP contribution >= 0.6 is 0 Å². The second kappa shape index (κ2) is 3.87. The van der Waals surface area contributed by atoms with Crippen LogP contribution in [0.4, 0.5) is 0 Å². The van der Waals surface area contributed by atoms with Gasteiger partial charge in [-0.1, -0.05) is 6.92 Å². The van der Waals surface area contributed by atoms with Crippen molar-refractivity contribution < 1.29 is 0 Å². The largest absolute Gasteiger partial charge is 0.327 e. The molecule has 50 valence electrons. The van der Waals surface area contributed by atoms with Crippen LogP contribution in [-0.4, -0.2) is 18.6 Å². The summed E-state index contributed by atoms with van der Waals surface area (Å²) in [5.41, 5.74) is 5.56. The van der Waals surface area contributed by atoms with Crippen LogP contribution in [0.5, 0.6) is 0 Å². The van der Waals surface area contributed by atoms with Crippen molar-refractivity contribution in [2.45, 2.75) is 32.9 Å². The van der Waals surface area contributed by atoms with Gasteiger partial charge in [0.2, 0.25) is 0 Å². The molecule has 0 saturated heterocycles. The maximum atomic E-state index is 5.56. The quantitative estimate of drug-likeness (QED) is 0.557. The van der Waals surface area contributed by atoms with Crippen molar-refractivity contribution >= 4 is 0 Å². The van der Waals surface area contributed by atoms with E-state index < -0.39 is 0 Å². The van der Waals surface area contributed by atoms with Gasteiger partial charge in [0, 0.05) is 12.1 Å². The van der Waals surface area contributed by atoms with E-state index >= 15 is 0 Å². The fourth-order valence-electron chi connectivity index (χ4n) is 0.508. The van der Waals surface area contributed by atoms with Gasteiger partial charge < -0.3 is 11.1 Å². The highest BCUT2D eigenvalue weighted by molar-refractivity contribution is 4.68. The highest BCUT2D eigenvalue weighted by Crippen LogP contribution is 1.84. The minimum atomic E-state index is 0.259. The molecule has 2 atom stereocenters. The Labute approximate surface area is 51.5 Å². The summed E-state index contributed by atoms with van der Waals surface area (Å²) >= 11 is 0.